The fraction of sp³-hybridized carbons (Fsp3) is 0.188. The highest BCUT2D eigenvalue weighted by Crippen LogP contribution is 2.19. The van der Waals surface area contributed by atoms with E-state index >= 15 is 0 Å². The largest absolute Gasteiger partial charge is 0.349 e. The molecule has 22 heavy (non-hydrogen) atoms. The fourth-order valence-corrected chi connectivity index (χ4v) is 1.92. The standard InChI is InChI=1S/C16H14FN3O2/c17-11-1-3-12(4-2-11)20-16(22)14-9-10(7-8-18-14)15(21)19-13-5-6-13/h1-4,7-9,13H,5-6H2,(H,19,21)(H,20,22). The van der Waals surface area contributed by atoms with Crippen molar-refractivity contribution < 1.29 is 14.0 Å². The van der Waals surface area contributed by atoms with Crippen molar-refractivity contribution in [3.8, 4) is 0 Å². The van der Waals surface area contributed by atoms with Crippen LogP contribution < -0.4 is 10.6 Å². The van der Waals surface area contributed by atoms with E-state index in [-0.39, 0.29) is 23.5 Å². The Kier molecular flexibility index (Phi) is 3.82. The number of pyridine rings is 1. The first-order chi connectivity index (χ1) is 10.6. The van der Waals surface area contributed by atoms with Gasteiger partial charge in [0.1, 0.15) is 11.5 Å². The van der Waals surface area contributed by atoms with Crippen LogP contribution in [0.2, 0.25) is 0 Å². The van der Waals surface area contributed by atoms with Crippen LogP contribution in [0.5, 0.6) is 0 Å². The van der Waals surface area contributed by atoms with Crippen LogP contribution in [-0.2, 0) is 0 Å². The van der Waals surface area contributed by atoms with Gasteiger partial charge in [0, 0.05) is 23.5 Å². The summed E-state index contributed by atoms with van der Waals surface area (Å²) in [4.78, 5) is 28.0. The van der Waals surface area contributed by atoms with Crippen LogP contribution in [0.25, 0.3) is 0 Å². The van der Waals surface area contributed by atoms with E-state index in [4.69, 9.17) is 0 Å². The summed E-state index contributed by atoms with van der Waals surface area (Å²) in [7, 11) is 0. The molecule has 1 saturated carbocycles. The van der Waals surface area contributed by atoms with E-state index in [1.165, 1.54) is 36.5 Å². The topological polar surface area (TPSA) is 71.1 Å². The van der Waals surface area contributed by atoms with E-state index in [1.807, 2.05) is 0 Å². The molecule has 0 spiro atoms. The van der Waals surface area contributed by atoms with Gasteiger partial charge in [-0.25, -0.2) is 4.39 Å². The quantitative estimate of drug-likeness (QED) is 0.910. The average Bonchev–Trinajstić information content (AvgIpc) is 3.33. The van der Waals surface area contributed by atoms with Gasteiger partial charge in [-0.15, -0.1) is 0 Å². The number of carbonyl (C=O) groups excluding carboxylic acids is 2. The van der Waals surface area contributed by atoms with Gasteiger partial charge in [0.05, 0.1) is 0 Å². The maximum Gasteiger partial charge on any atom is 0.274 e. The van der Waals surface area contributed by atoms with E-state index in [0.717, 1.165) is 12.8 Å². The Morgan fingerprint density at radius 1 is 1.09 bits per heavy atom. The molecule has 1 fully saturated rings. The number of benzene rings is 1. The normalized spacial score (nSPS) is 13.5. The van der Waals surface area contributed by atoms with Crippen molar-refractivity contribution in [2.45, 2.75) is 18.9 Å². The molecule has 0 atom stereocenters. The van der Waals surface area contributed by atoms with Crippen molar-refractivity contribution in [1.29, 1.82) is 0 Å². The first-order valence-corrected chi connectivity index (χ1v) is 6.95. The number of rotatable bonds is 4. The Hall–Kier alpha value is -2.76. The van der Waals surface area contributed by atoms with Crippen LogP contribution >= 0.6 is 0 Å². The van der Waals surface area contributed by atoms with Crippen LogP contribution in [0, 0.1) is 5.82 Å². The van der Waals surface area contributed by atoms with Gasteiger partial charge in [-0.05, 0) is 49.2 Å². The monoisotopic (exact) mass is 299 g/mol. The number of amides is 2. The highest BCUT2D eigenvalue weighted by Gasteiger charge is 2.24. The van der Waals surface area contributed by atoms with Gasteiger partial charge in [-0.2, -0.15) is 0 Å². The van der Waals surface area contributed by atoms with Crippen molar-refractivity contribution in [1.82, 2.24) is 10.3 Å². The predicted octanol–water partition coefficient (Wildman–Crippen LogP) is 2.37. The van der Waals surface area contributed by atoms with Crippen LogP contribution in [-0.4, -0.2) is 22.8 Å². The number of aromatic nitrogens is 1. The summed E-state index contributed by atoms with van der Waals surface area (Å²) >= 11 is 0. The molecule has 1 aromatic heterocycles. The van der Waals surface area contributed by atoms with Crippen LogP contribution in [0.15, 0.2) is 42.6 Å². The minimum Gasteiger partial charge on any atom is -0.349 e. The van der Waals surface area contributed by atoms with Crippen LogP contribution in [0.3, 0.4) is 0 Å². The van der Waals surface area contributed by atoms with E-state index < -0.39 is 5.91 Å². The first kappa shape index (κ1) is 14.2. The number of carbonyl (C=O) groups is 2. The lowest BCUT2D eigenvalue weighted by Gasteiger charge is -2.07. The number of hydrogen-bond acceptors (Lipinski definition) is 3. The Balaban J connectivity index is 1.71. The highest BCUT2D eigenvalue weighted by atomic mass is 19.1. The number of nitrogens with one attached hydrogen (secondary N) is 2. The lowest BCUT2D eigenvalue weighted by atomic mass is 10.2. The van der Waals surface area contributed by atoms with E-state index in [1.54, 1.807) is 6.07 Å². The van der Waals surface area contributed by atoms with Crippen LogP contribution in [0.4, 0.5) is 10.1 Å². The molecule has 0 aliphatic heterocycles. The zero-order valence-corrected chi connectivity index (χ0v) is 11.7. The first-order valence-electron chi connectivity index (χ1n) is 6.95. The third kappa shape index (κ3) is 3.46. The van der Waals surface area contributed by atoms with Gasteiger partial charge in [-0.1, -0.05) is 0 Å². The minimum absolute atomic E-state index is 0.132. The van der Waals surface area contributed by atoms with E-state index in [9.17, 15) is 14.0 Å². The summed E-state index contributed by atoms with van der Waals surface area (Å²) in [5.74, 6) is -1.04. The van der Waals surface area contributed by atoms with E-state index in [0.29, 0.717) is 11.3 Å². The molecule has 2 amide bonds. The van der Waals surface area contributed by atoms with Gasteiger partial charge in [-0.3, -0.25) is 14.6 Å². The number of anilines is 1. The summed E-state index contributed by atoms with van der Waals surface area (Å²) in [6.45, 7) is 0. The Morgan fingerprint density at radius 2 is 1.82 bits per heavy atom. The van der Waals surface area contributed by atoms with E-state index in [2.05, 4.69) is 15.6 Å². The molecule has 1 aliphatic rings. The number of nitrogens with zero attached hydrogens (tertiary/aromatic N) is 1. The van der Waals surface area contributed by atoms with Gasteiger partial charge in [0.15, 0.2) is 0 Å². The Bertz CT molecular complexity index is 712. The maximum atomic E-state index is 12.8. The fourth-order valence-electron chi connectivity index (χ4n) is 1.92. The zero-order valence-electron chi connectivity index (χ0n) is 11.7. The highest BCUT2D eigenvalue weighted by molar-refractivity contribution is 6.04. The molecule has 112 valence electrons. The molecule has 1 heterocycles. The van der Waals surface area contributed by atoms with Crippen LogP contribution in [0.1, 0.15) is 33.7 Å². The molecular formula is C16H14FN3O2. The summed E-state index contributed by atoms with van der Waals surface area (Å²) in [5.41, 5.74) is 0.986. The average molecular weight is 299 g/mol. The summed E-state index contributed by atoms with van der Waals surface area (Å²) in [6.07, 6.45) is 3.41. The van der Waals surface area contributed by atoms with Crippen molar-refractivity contribution in [2.24, 2.45) is 0 Å². The SMILES string of the molecule is O=C(NC1CC1)c1ccnc(C(=O)Nc2ccc(F)cc2)c1. The summed E-state index contributed by atoms with van der Waals surface area (Å²) < 4.78 is 12.8. The Morgan fingerprint density at radius 3 is 2.50 bits per heavy atom. The molecule has 5 nitrogen and oxygen atoms in total. The lowest BCUT2D eigenvalue weighted by molar-refractivity contribution is 0.0951. The smallest absolute Gasteiger partial charge is 0.274 e. The summed E-state index contributed by atoms with van der Waals surface area (Å²) in [6, 6.07) is 8.67. The molecule has 1 aromatic carbocycles. The molecule has 0 unspecified atom stereocenters. The molecule has 0 radical (unpaired) electrons. The lowest BCUT2D eigenvalue weighted by Crippen LogP contribution is -2.26. The third-order valence-corrected chi connectivity index (χ3v) is 3.27. The second-order valence-corrected chi connectivity index (χ2v) is 5.14. The van der Waals surface area contributed by atoms with Gasteiger partial charge in [0.25, 0.3) is 11.8 Å². The maximum absolute atomic E-state index is 12.8. The molecule has 0 bridgehead atoms. The molecule has 3 rings (SSSR count). The molecule has 2 N–H and O–H groups in total. The van der Waals surface area contributed by atoms with Gasteiger partial charge >= 0.3 is 0 Å². The zero-order chi connectivity index (χ0) is 15.5. The minimum atomic E-state index is -0.451. The third-order valence-electron chi connectivity index (χ3n) is 3.27. The Labute approximate surface area is 126 Å². The van der Waals surface area contributed by atoms with Crippen molar-refractivity contribution in [3.63, 3.8) is 0 Å². The predicted molar refractivity (Wildman–Crippen MR) is 79.1 cm³/mol. The van der Waals surface area contributed by atoms with Gasteiger partial charge in [0.2, 0.25) is 0 Å². The molecule has 2 aromatic rings. The number of halogens is 1. The molecule has 0 saturated heterocycles. The van der Waals surface area contributed by atoms with Crippen molar-refractivity contribution >= 4 is 17.5 Å². The second kappa shape index (κ2) is 5.93. The van der Waals surface area contributed by atoms with Crippen molar-refractivity contribution in [2.75, 3.05) is 5.32 Å². The molecule has 1 aliphatic carbocycles. The second-order valence-electron chi connectivity index (χ2n) is 5.14. The molecule has 6 heteroatoms. The van der Waals surface area contributed by atoms with Gasteiger partial charge < -0.3 is 10.6 Å². The molecular weight excluding hydrogens is 285 g/mol. The summed E-state index contributed by atoms with van der Waals surface area (Å²) in [5, 5.41) is 5.46. The number of hydrogen-bond donors (Lipinski definition) is 2. The van der Waals surface area contributed by atoms with Crippen molar-refractivity contribution in [3.05, 3.63) is 59.7 Å².